The molecule has 0 saturated carbocycles. The van der Waals surface area contributed by atoms with Crippen molar-refractivity contribution in [3.8, 4) is 0 Å². The molecule has 0 aliphatic rings. The third-order valence-electron chi connectivity index (χ3n) is 8.31. The molecule has 0 unspecified atom stereocenters. The second-order valence-electron chi connectivity index (χ2n) is 12.6. The maximum Gasteiger partial charge on any atom is 0.326 e. The molecule has 12 nitrogen and oxygen atoms in total. The number of benzene rings is 1. The van der Waals surface area contributed by atoms with Crippen molar-refractivity contribution in [2.75, 3.05) is 6.54 Å². The topological polar surface area (TPSA) is 199 Å². The van der Waals surface area contributed by atoms with Gasteiger partial charge in [0.05, 0.1) is 5.92 Å². The highest BCUT2D eigenvalue weighted by Crippen LogP contribution is 2.13. The van der Waals surface area contributed by atoms with Crippen LogP contribution in [-0.2, 0) is 30.5 Å². The molecule has 0 aliphatic carbocycles. The Morgan fingerprint density at radius 3 is 1.65 bits per heavy atom. The minimum atomic E-state index is -1.18. The van der Waals surface area contributed by atoms with E-state index in [-0.39, 0.29) is 49.9 Å². The molecule has 1 aromatic rings. The van der Waals surface area contributed by atoms with E-state index in [4.69, 9.17) is 10.2 Å². The van der Waals surface area contributed by atoms with Crippen LogP contribution in [0.3, 0.4) is 0 Å². The third-order valence-corrected chi connectivity index (χ3v) is 8.31. The summed E-state index contributed by atoms with van der Waals surface area (Å²) in [6.45, 7) is 2.32. The SMILES string of the molecule is C[C@@H](CCCCNC(=O)c1ccc(CNC(=O)CC[C@H](NC(=O)CCCCCCCCCCCCCCC(=O)O)C(=O)O)cc1)C(=O)O. The fourth-order valence-electron chi connectivity index (χ4n) is 5.19. The number of carbonyl (C=O) groups excluding carboxylic acids is 3. The van der Waals surface area contributed by atoms with Crippen LogP contribution in [0.15, 0.2) is 24.3 Å². The van der Waals surface area contributed by atoms with E-state index in [0.29, 0.717) is 37.8 Å². The average molecular weight is 676 g/mol. The summed E-state index contributed by atoms with van der Waals surface area (Å²) in [6.07, 6.45) is 14.7. The lowest BCUT2D eigenvalue weighted by atomic mass is 10.0. The zero-order chi connectivity index (χ0) is 35.6. The molecular formula is C36H57N3O9. The second kappa shape index (κ2) is 26.0. The van der Waals surface area contributed by atoms with Crippen LogP contribution in [0.2, 0.25) is 0 Å². The molecule has 0 fully saturated rings. The summed E-state index contributed by atoms with van der Waals surface area (Å²) in [7, 11) is 0. The van der Waals surface area contributed by atoms with E-state index in [0.717, 1.165) is 56.9 Å². The number of carboxylic acids is 3. The van der Waals surface area contributed by atoms with Gasteiger partial charge in [-0.25, -0.2) is 4.79 Å². The maximum atomic E-state index is 12.4. The van der Waals surface area contributed by atoms with E-state index in [1.54, 1.807) is 31.2 Å². The van der Waals surface area contributed by atoms with Crippen molar-refractivity contribution in [3.05, 3.63) is 35.4 Å². The van der Waals surface area contributed by atoms with Crippen LogP contribution in [0.5, 0.6) is 0 Å². The molecule has 0 heterocycles. The van der Waals surface area contributed by atoms with Crippen LogP contribution in [0.1, 0.15) is 145 Å². The van der Waals surface area contributed by atoms with Gasteiger partial charge in [-0.15, -0.1) is 0 Å². The minimum Gasteiger partial charge on any atom is -0.481 e. The Bertz CT molecular complexity index is 1120. The van der Waals surface area contributed by atoms with Gasteiger partial charge in [-0.2, -0.15) is 0 Å². The molecule has 1 rings (SSSR count). The molecule has 0 radical (unpaired) electrons. The number of amides is 3. The number of hydrogen-bond acceptors (Lipinski definition) is 6. The minimum absolute atomic E-state index is 0.0242. The fourth-order valence-corrected chi connectivity index (χ4v) is 5.19. The van der Waals surface area contributed by atoms with Gasteiger partial charge in [0.15, 0.2) is 0 Å². The Kier molecular flexibility index (Phi) is 22.8. The molecule has 0 bridgehead atoms. The van der Waals surface area contributed by atoms with Gasteiger partial charge in [-0.3, -0.25) is 24.0 Å². The van der Waals surface area contributed by atoms with E-state index < -0.39 is 29.9 Å². The first kappa shape index (κ1) is 42.1. The lowest BCUT2D eigenvalue weighted by Gasteiger charge is -2.14. The van der Waals surface area contributed by atoms with Crippen molar-refractivity contribution in [1.29, 1.82) is 0 Å². The molecule has 6 N–H and O–H groups in total. The van der Waals surface area contributed by atoms with Gasteiger partial charge >= 0.3 is 17.9 Å². The van der Waals surface area contributed by atoms with E-state index in [9.17, 15) is 33.9 Å². The summed E-state index contributed by atoms with van der Waals surface area (Å²) in [5.74, 6) is -4.04. The summed E-state index contributed by atoms with van der Waals surface area (Å²) < 4.78 is 0. The highest BCUT2D eigenvalue weighted by atomic mass is 16.4. The molecule has 1 aromatic carbocycles. The molecule has 0 saturated heterocycles. The van der Waals surface area contributed by atoms with Crippen LogP contribution in [-0.4, -0.2) is 63.5 Å². The number of aliphatic carboxylic acids is 3. The van der Waals surface area contributed by atoms with Gasteiger partial charge in [-0.05, 0) is 49.8 Å². The second-order valence-corrected chi connectivity index (χ2v) is 12.6. The zero-order valence-electron chi connectivity index (χ0n) is 28.6. The molecular weight excluding hydrogens is 618 g/mol. The molecule has 2 atom stereocenters. The first-order chi connectivity index (χ1) is 23.0. The van der Waals surface area contributed by atoms with Crippen LogP contribution < -0.4 is 16.0 Å². The Morgan fingerprint density at radius 2 is 1.12 bits per heavy atom. The Labute approximate surface area is 284 Å². The van der Waals surface area contributed by atoms with Gasteiger partial charge in [0.25, 0.3) is 5.91 Å². The Balaban J connectivity index is 2.16. The van der Waals surface area contributed by atoms with Crippen molar-refractivity contribution < 1.29 is 44.1 Å². The Morgan fingerprint density at radius 1 is 0.583 bits per heavy atom. The molecule has 0 spiro atoms. The molecule has 3 amide bonds. The largest absolute Gasteiger partial charge is 0.481 e. The van der Waals surface area contributed by atoms with Gasteiger partial charge < -0.3 is 31.3 Å². The van der Waals surface area contributed by atoms with Crippen molar-refractivity contribution in [2.45, 2.75) is 142 Å². The molecule has 48 heavy (non-hydrogen) atoms. The average Bonchev–Trinajstić information content (AvgIpc) is 3.05. The summed E-state index contributed by atoms with van der Waals surface area (Å²) in [4.78, 5) is 70.0. The third kappa shape index (κ3) is 21.8. The standard InChI is InChI=1S/C36H57N3O9/c1-27(35(45)46)16-14-15-25-37-34(44)29-21-19-28(20-22-29)26-38-31(40)24-23-30(36(47)48)39-32(41)17-12-10-8-6-4-2-3-5-7-9-11-13-18-33(42)43/h19-22,27,30H,2-18,23-26H2,1H3,(H,37,44)(H,38,40)(H,39,41)(H,42,43)(H,45,46)(H,47,48)/t27-,30-/m0/s1. The summed E-state index contributed by atoms with van der Waals surface area (Å²) in [6, 6.07) is 5.61. The zero-order valence-corrected chi connectivity index (χ0v) is 28.6. The van der Waals surface area contributed by atoms with Crippen LogP contribution in [0.25, 0.3) is 0 Å². The number of rotatable bonds is 29. The summed E-state index contributed by atoms with van der Waals surface area (Å²) in [5, 5.41) is 35.1. The quantitative estimate of drug-likeness (QED) is 0.0566. The monoisotopic (exact) mass is 675 g/mol. The number of unbranched alkanes of at least 4 members (excludes halogenated alkanes) is 12. The lowest BCUT2D eigenvalue weighted by Crippen LogP contribution is -2.41. The van der Waals surface area contributed by atoms with Crippen molar-refractivity contribution in [3.63, 3.8) is 0 Å². The fraction of sp³-hybridized carbons (Fsp3) is 0.667. The first-order valence-corrected chi connectivity index (χ1v) is 17.6. The Hall–Kier alpha value is -3.96. The summed E-state index contributed by atoms with van der Waals surface area (Å²) in [5.41, 5.74) is 1.24. The van der Waals surface area contributed by atoms with Crippen LogP contribution in [0, 0.1) is 5.92 Å². The number of hydrogen-bond donors (Lipinski definition) is 6. The lowest BCUT2D eigenvalue weighted by molar-refractivity contribution is -0.142. The first-order valence-electron chi connectivity index (χ1n) is 17.6. The van der Waals surface area contributed by atoms with Crippen molar-refractivity contribution in [2.24, 2.45) is 5.92 Å². The van der Waals surface area contributed by atoms with E-state index in [1.807, 2.05) is 0 Å². The predicted molar refractivity (Wildman–Crippen MR) is 182 cm³/mol. The smallest absolute Gasteiger partial charge is 0.326 e. The molecule has 270 valence electrons. The maximum absolute atomic E-state index is 12.4. The highest BCUT2D eigenvalue weighted by Gasteiger charge is 2.21. The van der Waals surface area contributed by atoms with Crippen LogP contribution >= 0.6 is 0 Å². The van der Waals surface area contributed by atoms with E-state index in [1.165, 1.54) is 19.3 Å². The molecule has 0 aliphatic heterocycles. The van der Waals surface area contributed by atoms with Gasteiger partial charge in [0.2, 0.25) is 11.8 Å². The van der Waals surface area contributed by atoms with Crippen LogP contribution in [0.4, 0.5) is 0 Å². The summed E-state index contributed by atoms with van der Waals surface area (Å²) >= 11 is 0. The number of nitrogens with one attached hydrogen (secondary N) is 3. The van der Waals surface area contributed by atoms with Gasteiger partial charge in [0, 0.05) is 37.9 Å². The normalized spacial score (nSPS) is 12.1. The number of carbonyl (C=O) groups is 6. The van der Waals surface area contributed by atoms with E-state index >= 15 is 0 Å². The van der Waals surface area contributed by atoms with Crippen molar-refractivity contribution in [1.82, 2.24) is 16.0 Å². The van der Waals surface area contributed by atoms with Crippen molar-refractivity contribution >= 4 is 35.6 Å². The van der Waals surface area contributed by atoms with Gasteiger partial charge in [0.1, 0.15) is 6.04 Å². The molecule has 12 heteroatoms. The van der Waals surface area contributed by atoms with Gasteiger partial charge in [-0.1, -0.05) is 89.7 Å². The molecule has 0 aromatic heterocycles. The predicted octanol–water partition coefficient (Wildman–Crippen LogP) is 5.82. The number of carboxylic acid groups (broad SMARTS) is 3. The van der Waals surface area contributed by atoms with E-state index in [2.05, 4.69) is 16.0 Å². The highest BCUT2D eigenvalue weighted by molar-refractivity contribution is 5.94.